The highest BCUT2D eigenvalue weighted by Gasteiger charge is 2.23. The van der Waals surface area contributed by atoms with Gasteiger partial charge in [-0.3, -0.25) is 14.2 Å². The van der Waals surface area contributed by atoms with Crippen LogP contribution in [-0.2, 0) is 11.3 Å². The minimum atomic E-state index is -0.412. The second kappa shape index (κ2) is 10.9. The van der Waals surface area contributed by atoms with E-state index in [9.17, 15) is 14.4 Å². The standard InChI is InChI=1S/C28H31N5O5/c1-3-12-33-27(35)26-22(30-28(33)36)17-21(29-26)19-8-10-20(11-9-19)38-18-25(34)32-15-13-31(14-16-32)23-6-4-5-7-24(23)37-2/h4-11,17,29H,3,12-16,18H2,1-2H3,(H,30,36). The zero-order valence-electron chi connectivity index (χ0n) is 21.5. The Morgan fingerprint density at radius 1 is 0.974 bits per heavy atom. The summed E-state index contributed by atoms with van der Waals surface area (Å²) in [6.45, 7) is 4.90. The summed E-state index contributed by atoms with van der Waals surface area (Å²) in [6, 6.07) is 16.9. The van der Waals surface area contributed by atoms with E-state index >= 15 is 0 Å². The number of nitrogens with zero attached hydrogens (tertiary/aromatic N) is 3. The van der Waals surface area contributed by atoms with Crippen LogP contribution >= 0.6 is 0 Å². The molecule has 5 rings (SSSR count). The number of methoxy groups -OCH3 is 1. The third-order valence-corrected chi connectivity index (χ3v) is 6.80. The molecular weight excluding hydrogens is 486 g/mol. The molecule has 10 nitrogen and oxygen atoms in total. The topological polar surface area (TPSA) is 113 Å². The zero-order valence-corrected chi connectivity index (χ0v) is 21.5. The number of hydrogen-bond acceptors (Lipinski definition) is 6. The van der Waals surface area contributed by atoms with Gasteiger partial charge in [-0.05, 0) is 54.4 Å². The van der Waals surface area contributed by atoms with Gasteiger partial charge >= 0.3 is 5.69 Å². The lowest BCUT2D eigenvalue weighted by atomic mass is 10.1. The first kappa shape index (κ1) is 25.2. The van der Waals surface area contributed by atoms with Crippen molar-refractivity contribution in [2.24, 2.45) is 0 Å². The van der Waals surface area contributed by atoms with Gasteiger partial charge < -0.3 is 29.2 Å². The first-order valence-corrected chi connectivity index (χ1v) is 12.7. The van der Waals surface area contributed by atoms with Crippen LogP contribution in [0.15, 0.2) is 64.2 Å². The number of nitrogens with one attached hydrogen (secondary N) is 2. The molecule has 0 bridgehead atoms. The number of H-pyrrole nitrogens is 2. The van der Waals surface area contributed by atoms with Crippen molar-refractivity contribution >= 4 is 22.6 Å². The molecule has 0 saturated carbocycles. The van der Waals surface area contributed by atoms with Gasteiger partial charge in [-0.25, -0.2) is 4.79 Å². The quantitative estimate of drug-likeness (QED) is 0.372. The summed E-state index contributed by atoms with van der Waals surface area (Å²) in [6.07, 6.45) is 0.686. The number of fused-ring (bicyclic) bond motifs is 1. The summed E-state index contributed by atoms with van der Waals surface area (Å²) in [7, 11) is 1.66. The molecule has 0 spiro atoms. The first-order valence-electron chi connectivity index (χ1n) is 12.7. The second-order valence-corrected chi connectivity index (χ2v) is 9.21. The van der Waals surface area contributed by atoms with Gasteiger partial charge in [-0.2, -0.15) is 0 Å². The smallest absolute Gasteiger partial charge is 0.328 e. The summed E-state index contributed by atoms with van der Waals surface area (Å²) in [5, 5.41) is 0. The molecule has 1 fully saturated rings. The van der Waals surface area contributed by atoms with Gasteiger partial charge in [0.25, 0.3) is 11.5 Å². The predicted octanol–water partition coefficient (Wildman–Crippen LogP) is 2.83. The first-order chi connectivity index (χ1) is 18.5. The predicted molar refractivity (Wildman–Crippen MR) is 146 cm³/mol. The summed E-state index contributed by atoms with van der Waals surface area (Å²) in [5.41, 5.74) is 2.66. The fourth-order valence-corrected chi connectivity index (χ4v) is 4.77. The molecular formula is C28H31N5O5. The molecule has 2 aromatic heterocycles. The van der Waals surface area contributed by atoms with E-state index in [0.29, 0.717) is 48.5 Å². The Balaban J connectivity index is 1.19. The van der Waals surface area contributed by atoms with Gasteiger partial charge in [0.1, 0.15) is 17.0 Å². The number of hydrogen-bond donors (Lipinski definition) is 2. The lowest BCUT2D eigenvalue weighted by Gasteiger charge is -2.36. The van der Waals surface area contributed by atoms with Gasteiger partial charge in [-0.15, -0.1) is 0 Å². The molecule has 0 atom stereocenters. The van der Waals surface area contributed by atoms with Crippen LogP contribution in [0.4, 0.5) is 5.69 Å². The fraction of sp³-hybridized carbons (Fsp3) is 0.321. The molecule has 1 aliphatic rings. The number of amides is 1. The molecule has 3 heterocycles. The number of aromatic amines is 2. The van der Waals surface area contributed by atoms with Crippen LogP contribution < -0.4 is 25.6 Å². The average molecular weight is 518 g/mol. The van der Waals surface area contributed by atoms with Crippen molar-refractivity contribution in [3.8, 4) is 22.8 Å². The van der Waals surface area contributed by atoms with Gasteiger partial charge in [-0.1, -0.05) is 19.1 Å². The van der Waals surface area contributed by atoms with E-state index in [2.05, 4.69) is 14.9 Å². The van der Waals surface area contributed by atoms with Gasteiger partial charge in [0.15, 0.2) is 6.61 Å². The molecule has 1 aliphatic heterocycles. The Morgan fingerprint density at radius 3 is 2.42 bits per heavy atom. The van der Waals surface area contributed by atoms with Crippen molar-refractivity contribution in [3.63, 3.8) is 0 Å². The molecule has 38 heavy (non-hydrogen) atoms. The van der Waals surface area contributed by atoms with E-state index in [0.717, 1.165) is 30.1 Å². The number of carbonyl (C=O) groups excluding carboxylic acids is 1. The van der Waals surface area contributed by atoms with E-state index in [1.807, 2.05) is 48.2 Å². The third kappa shape index (κ3) is 5.02. The number of aromatic nitrogens is 3. The van der Waals surface area contributed by atoms with Crippen LogP contribution in [0.5, 0.6) is 11.5 Å². The van der Waals surface area contributed by atoms with Crippen LogP contribution in [-0.4, -0.2) is 65.2 Å². The molecule has 1 amide bonds. The van der Waals surface area contributed by atoms with E-state index in [-0.39, 0.29) is 18.1 Å². The Labute approximate surface area is 219 Å². The Kier molecular flexibility index (Phi) is 7.21. The molecule has 2 N–H and O–H groups in total. The van der Waals surface area contributed by atoms with E-state index < -0.39 is 5.69 Å². The molecule has 1 saturated heterocycles. The Bertz CT molecular complexity index is 1540. The normalized spacial score (nSPS) is 13.6. The van der Waals surface area contributed by atoms with Gasteiger partial charge in [0.2, 0.25) is 0 Å². The average Bonchev–Trinajstić information content (AvgIpc) is 3.38. The summed E-state index contributed by atoms with van der Waals surface area (Å²) in [5.74, 6) is 1.34. The van der Waals surface area contributed by atoms with Crippen molar-refractivity contribution in [1.29, 1.82) is 0 Å². The Hall–Kier alpha value is -4.47. The monoisotopic (exact) mass is 517 g/mol. The minimum absolute atomic E-state index is 0.0431. The number of carbonyl (C=O) groups is 1. The maximum Gasteiger partial charge on any atom is 0.328 e. The van der Waals surface area contributed by atoms with Gasteiger partial charge in [0, 0.05) is 38.4 Å². The van der Waals surface area contributed by atoms with E-state index in [1.54, 1.807) is 25.3 Å². The van der Waals surface area contributed by atoms with Crippen LogP contribution in [0, 0.1) is 0 Å². The van der Waals surface area contributed by atoms with Crippen LogP contribution in [0.1, 0.15) is 13.3 Å². The maximum atomic E-state index is 12.8. The number of rotatable bonds is 8. The maximum absolute atomic E-state index is 12.8. The number of piperazine rings is 1. The largest absolute Gasteiger partial charge is 0.495 e. The highest BCUT2D eigenvalue weighted by Crippen LogP contribution is 2.28. The summed E-state index contributed by atoms with van der Waals surface area (Å²) >= 11 is 0. The Morgan fingerprint density at radius 2 is 1.71 bits per heavy atom. The SMILES string of the molecule is CCCn1c(=O)[nH]c2cc(-c3ccc(OCC(=O)N4CCN(c5ccccc5OC)CC4)cc3)[nH]c2c1=O. The molecule has 198 valence electrons. The van der Waals surface area contributed by atoms with Crippen molar-refractivity contribution < 1.29 is 14.3 Å². The summed E-state index contributed by atoms with van der Waals surface area (Å²) < 4.78 is 12.4. The molecule has 10 heteroatoms. The van der Waals surface area contributed by atoms with Crippen LogP contribution in [0.3, 0.4) is 0 Å². The van der Waals surface area contributed by atoms with E-state index in [1.165, 1.54) is 4.57 Å². The lowest BCUT2D eigenvalue weighted by molar-refractivity contribution is -0.133. The van der Waals surface area contributed by atoms with Gasteiger partial charge in [0.05, 0.1) is 18.3 Å². The molecule has 2 aromatic carbocycles. The molecule has 0 aliphatic carbocycles. The molecule has 0 unspecified atom stereocenters. The highest BCUT2D eigenvalue weighted by molar-refractivity contribution is 5.82. The molecule has 4 aromatic rings. The van der Waals surface area contributed by atoms with Crippen molar-refractivity contribution in [2.75, 3.05) is 44.8 Å². The number of benzene rings is 2. The third-order valence-electron chi connectivity index (χ3n) is 6.80. The van der Waals surface area contributed by atoms with Crippen molar-refractivity contribution in [1.82, 2.24) is 19.4 Å². The van der Waals surface area contributed by atoms with Crippen LogP contribution in [0.2, 0.25) is 0 Å². The second-order valence-electron chi connectivity index (χ2n) is 9.21. The number of anilines is 1. The van der Waals surface area contributed by atoms with Crippen molar-refractivity contribution in [3.05, 3.63) is 75.4 Å². The highest BCUT2D eigenvalue weighted by atomic mass is 16.5. The number of ether oxygens (including phenoxy) is 2. The lowest BCUT2D eigenvalue weighted by Crippen LogP contribution is -2.50. The summed E-state index contributed by atoms with van der Waals surface area (Å²) in [4.78, 5) is 47.6. The molecule has 0 radical (unpaired) electrons. The van der Waals surface area contributed by atoms with Crippen LogP contribution in [0.25, 0.3) is 22.3 Å². The number of para-hydroxylation sites is 2. The fourth-order valence-electron chi connectivity index (χ4n) is 4.77. The zero-order chi connectivity index (χ0) is 26.6. The van der Waals surface area contributed by atoms with Crippen molar-refractivity contribution in [2.45, 2.75) is 19.9 Å². The minimum Gasteiger partial charge on any atom is -0.495 e. The van der Waals surface area contributed by atoms with E-state index in [4.69, 9.17) is 9.47 Å².